The summed E-state index contributed by atoms with van der Waals surface area (Å²) in [4.78, 5) is 26.5. The van der Waals surface area contributed by atoms with Crippen LogP contribution in [0.3, 0.4) is 0 Å². The van der Waals surface area contributed by atoms with Gasteiger partial charge in [-0.25, -0.2) is 0 Å². The predicted octanol–water partition coefficient (Wildman–Crippen LogP) is 4.43. The number of rotatable bonds is 8. The first kappa shape index (κ1) is 23.2. The first-order valence-corrected chi connectivity index (χ1v) is 11.2. The molecule has 0 aliphatic carbocycles. The van der Waals surface area contributed by atoms with Crippen LogP contribution in [0.5, 0.6) is 17.2 Å². The van der Waals surface area contributed by atoms with Crippen molar-refractivity contribution in [3.8, 4) is 17.2 Å². The fourth-order valence-corrected chi connectivity index (χ4v) is 3.71. The Labute approximate surface area is 199 Å². The Morgan fingerprint density at radius 2 is 1.85 bits per heavy atom. The molecule has 0 fully saturated rings. The van der Waals surface area contributed by atoms with Crippen molar-refractivity contribution in [3.05, 3.63) is 77.4 Å². The van der Waals surface area contributed by atoms with Crippen molar-refractivity contribution in [1.29, 1.82) is 0 Å². The number of fused-ring (bicyclic) bond motifs is 1. The molecule has 176 valence electrons. The highest BCUT2D eigenvalue weighted by molar-refractivity contribution is 5.99. The minimum atomic E-state index is -0.281. The van der Waals surface area contributed by atoms with Crippen molar-refractivity contribution < 1.29 is 23.8 Å². The molecule has 4 rings (SSSR count). The number of hydrogen-bond acceptors (Lipinski definition) is 5. The molecule has 0 unspecified atom stereocenters. The van der Waals surface area contributed by atoms with Gasteiger partial charge in [-0.1, -0.05) is 24.3 Å². The molecule has 7 nitrogen and oxygen atoms in total. The maximum absolute atomic E-state index is 12.4. The summed E-state index contributed by atoms with van der Waals surface area (Å²) in [5.41, 5.74) is 4.44. The molecule has 0 saturated heterocycles. The van der Waals surface area contributed by atoms with Crippen LogP contribution >= 0.6 is 0 Å². The quantitative estimate of drug-likeness (QED) is 0.538. The van der Waals surface area contributed by atoms with E-state index < -0.39 is 0 Å². The molecule has 0 radical (unpaired) electrons. The molecule has 7 heteroatoms. The van der Waals surface area contributed by atoms with Gasteiger partial charge in [-0.3, -0.25) is 9.59 Å². The predicted molar refractivity (Wildman–Crippen MR) is 131 cm³/mol. The van der Waals surface area contributed by atoms with Gasteiger partial charge < -0.3 is 24.4 Å². The molecule has 1 N–H and O–H groups in total. The van der Waals surface area contributed by atoms with Crippen molar-refractivity contribution >= 4 is 23.2 Å². The Morgan fingerprint density at radius 1 is 1.03 bits per heavy atom. The molecule has 0 bridgehead atoms. The van der Waals surface area contributed by atoms with Crippen molar-refractivity contribution in [2.45, 2.75) is 20.8 Å². The summed E-state index contributed by atoms with van der Waals surface area (Å²) < 4.78 is 17.1. The summed E-state index contributed by atoms with van der Waals surface area (Å²) in [6.07, 6.45) is 0. The average Bonchev–Trinajstić information content (AvgIpc) is 2.81. The molecule has 1 heterocycles. The van der Waals surface area contributed by atoms with Gasteiger partial charge in [-0.2, -0.15) is 0 Å². The molecule has 3 aromatic rings. The van der Waals surface area contributed by atoms with E-state index in [2.05, 4.69) is 5.32 Å². The molecule has 1 aliphatic heterocycles. The minimum absolute atomic E-state index is 0.0649. The number of carbonyl (C=O) groups is 2. The van der Waals surface area contributed by atoms with Crippen molar-refractivity contribution in [3.63, 3.8) is 0 Å². The lowest BCUT2D eigenvalue weighted by Gasteiger charge is -2.29. The average molecular weight is 461 g/mol. The van der Waals surface area contributed by atoms with E-state index in [0.717, 1.165) is 22.4 Å². The van der Waals surface area contributed by atoms with Crippen LogP contribution in [0.15, 0.2) is 60.7 Å². The highest BCUT2D eigenvalue weighted by Gasteiger charge is 2.26. The zero-order valence-corrected chi connectivity index (χ0v) is 19.6. The molecule has 3 aromatic carbocycles. The lowest BCUT2D eigenvalue weighted by atomic mass is 10.1. The van der Waals surface area contributed by atoms with Crippen molar-refractivity contribution in [2.75, 3.05) is 36.6 Å². The Morgan fingerprint density at radius 3 is 2.68 bits per heavy atom. The number of nitrogens with one attached hydrogen (secondary N) is 1. The molecule has 1 aliphatic rings. The van der Waals surface area contributed by atoms with E-state index in [1.165, 1.54) is 0 Å². The number of amides is 2. The molecule has 2 amide bonds. The normalized spacial score (nSPS) is 12.6. The molecular weight excluding hydrogens is 432 g/mol. The highest BCUT2D eigenvalue weighted by Crippen LogP contribution is 2.34. The fourth-order valence-electron chi connectivity index (χ4n) is 3.71. The van der Waals surface area contributed by atoms with Crippen LogP contribution in [0.2, 0.25) is 0 Å². The van der Waals surface area contributed by atoms with Gasteiger partial charge in [0.1, 0.15) is 23.9 Å². The van der Waals surface area contributed by atoms with Gasteiger partial charge in [-0.05, 0) is 67.8 Å². The summed E-state index contributed by atoms with van der Waals surface area (Å²) in [7, 11) is 0. The number of anilines is 2. The van der Waals surface area contributed by atoms with Crippen molar-refractivity contribution in [2.24, 2.45) is 0 Å². The van der Waals surface area contributed by atoms with Crippen LogP contribution in [-0.4, -0.2) is 38.2 Å². The lowest BCUT2D eigenvalue weighted by Crippen LogP contribution is -2.41. The zero-order valence-electron chi connectivity index (χ0n) is 19.6. The van der Waals surface area contributed by atoms with Gasteiger partial charge >= 0.3 is 0 Å². The van der Waals surface area contributed by atoms with E-state index in [9.17, 15) is 9.59 Å². The van der Waals surface area contributed by atoms with Gasteiger partial charge in [-0.15, -0.1) is 0 Å². The number of ether oxygens (including phenoxy) is 3. The third kappa shape index (κ3) is 5.49. The summed E-state index contributed by atoms with van der Waals surface area (Å²) in [6.45, 7) is 6.52. The Bertz CT molecular complexity index is 1210. The van der Waals surface area contributed by atoms with Crippen molar-refractivity contribution in [1.82, 2.24) is 0 Å². The van der Waals surface area contributed by atoms with Crippen LogP contribution in [0.25, 0.3) is 0 Å². The summed E-state index contributed by atoms with van der Waals surface area (Å²) in [5, 5.41) is 2.82. The molecule has 0 spiro atoms. The van der Waals surface area contributed by atoms with E-state index >= 15 is 0 Å². The Kier molecular flexibility index (Phi) is 7.01. The van der Waals surface area contributed by atoms with Gasteiger partial charge in [0, 0.05) is 11.8 Å². The third-order valence-electron chi connectivity index (χ3n) is 5.67. The van der Waals surface area contributed by atoms with E-state index in [4.69, 9.17) is 14.2 Å². The number of nitrogens with zero attached hydrogens (tertiary/aromatic N) is 1. The molecule has 34 heavy (non-hydrogen) atoms. The maximum atomic E-state index is 12.4. The van der Waals surface area contributed by atoms with E-state index in [1.54, 1.807) is 23.1 Å². The summed E-state index contributed by atoms with van der Waals surface area (Å²) in [6, 6.07) is 18.7. The Balaban J connectivity index is 1.36. The van der Waals surface area contributed by atoms with Crippen LogP contribution in [0.4, 0.5) is 11.4 Å². The minimum Gasteiger partial charge on any atom is -0.492 e. The van der Waals surface area contributed by atoms with Crippen LogP contribution in [0, 0.1) is 20.8 Å². The number of benzene rings is 3. The molecular formula is C27H28N2O5. The van der Waals surface area contributed by atoms with Gasteiger partial charge in [0.25, 0.3) is 11.8 Å². The monoisotopic (exact) mass is 460 g/mol. The molecule has 0 atom stereocenters. The highest BCUT2D eigenvalue weighted by atomic mass is 16.5. The van der Waals surface area contributed by atoms with E-state index in [0.29, 0.717) is 36.0 Å². The second kappa shape index (κ2) is 10.3. The second-order valence-corrected chi connectivity index (χ2v) is 8.22. The number of carbonyl (C=O) groups excluding carboxylic acids is 2. The standard InChI is InChI=1S/C27H28N2O5/c1-18-6-4-8-22(14-18)32-13-12-29-23-11-10-21(15-25(23)34-17-27(29)31)28-26(30)16-33-24-9-5-7-19(2)20(24)3/h4-11,14-15H,12-13,16-17H2,1-3H3,(H,28,30). The molecule has 0 saturated carbocycles. The van der Waals surface area contributed by atoms with Crippen LogP contribution in [-0.2, 0) is 9.59 Å². The van der Waals surface area contributed by atoms with Crippen LogP contribution in [0.1, 0.15) is 16.7 Å². The van der Waals surface area contributed by atoms with Gasteiger partial charge in [0.05, 0.1) is 12.2 Å². The molecule has 0 aromatic heterocycles. The van der Waals surface area contributed by atoms with Gasteiger partial charge in [0.2, 0.25) is 0 Å². The lowest BCUT2D eigenvalue weighted by molar-refractivity contribution is -0.121. The summed E-state index contributed by atoms with van der Waals surface area (Å²) >= 11 is 0. The van der Waals surface area contributed by atoms with Crippen LogP contribution < -0.4 is 24.4 Å². The largest absolute Gasteiger partial charge is 0.492 e. The fraction of sp³-hybridized carbons (Fsp3) is 0.259. The summed E-state index contributed by atoms with van der Waals surface area (Å²) in [5.74, 6) is 1.56. The SMILES string of the molecule is Cc1cccc(OCCN2C(=O)COc3cc(NC(=O)COc4cccc(C)c4C)ccc32)c1. The van der Waals surface area contributed by atoms with E-state index in [1.807, 2.05) is 63.2 Å². The first-order valence-electron chi connectivity index (χ1n) is 11.2. The van der Waals surface area contributed by atoms with Gasteiger partial charge in [0.15, 0.2) is 13.2 Å². The van der Waals surface area contributed by atoms with E-state index in [-0.39, 0.29) is 25.0 Å². The zero-order chi connectivity index (χ0) is 24.1. The number of hydrogen-bond donors (Lipinski definition) is 1. The third-order valence-corrected chi connectivity index (χ3v) is 5.67. The number of aryl methyl sites for hydroxylation is 2. The topological polar surface area (TPSA) is 77.1 Å². The Hall–Kier alpha value is -4.00. The second-order valence-electron chi connectivity index (χ2n) is 8.22. The smallest absolute Gasteiger partial charge is 0.265 e. The first-order chi connectivity index (χ1) is 16.4. The maximum Gasteiger partial charge on any atom is 0.265 e.